The highest BCUT2D eigenvalue weighted by molar-refractivity contribution is 4.79. The van der Waals surface area contributed by atoms with Crippen molar-refractivity contribution < 1.29 is 0 Å². The van der Waals surface area contributed by atoms with Crippen LogP contribution >= 0.6 is 0 Å². The van der Waals surface area contributed by atoms with Gasteiger partial charge in [0.25, 0.3) is 0 Å². The monoisotopic (exact) mass is 211 g/mol. The lowest BCUT2D eigenvalue weighted by Gasteiger charge is -2.37. The van der Waals surface area contributed by atoms with Crippen molar-refractivity contribution in [2.45, 2.75) is 59.8 Å². The lowest BCUT2D eigenvalue weighted by molar-refractivity contribution is 0.119. The van der Waals surface area contributed by atoms with Gasteiger partial charge in [0.1, 0.15) is 0 Å². The first-order valence-corrected chi connectivity index (χ1v) is 6.86. The predicted molar refractivity (Wildman–Crippen MR) is 68.1 cm³/mol. The van der Waals surface area contributed by atoms with E-state index in [2.05, 4.69) is 32.6 Å². The molecule has 1 nitrogen and oxygen atoms in total. The van der Waals surface area contributed by atoms with Gasteiger partial charge in [-0.2, -0.15) is 0 Å². The summed E-state index contributed by atoms with van der Waals surface area (Å²) < 4.78 is 0. The average Bonchev–Trinajstić information content (AvgIpc) is 2.21. The second kappa shape index (κ2) is 5.89. The summed E-state index contributed by atoms with van der Waals surface area (Å²) in [6.07, 6.45) is 7.05. The molecule has 1 saturated carbocycles. The fraction of sp³-hybridized carbons (Fsp3) is 1.00. The van der Waals surface area contributed by atoms with Gasteiger partial charge in [-0.15, -0.1) is 0 Å². The Kier molecular flexibility index (Phi) is 5.11. The molecule has 0 saturated heterocycles. The van der Waals surface area contributed by atoms with Crippen molar-refractivity contribution in [3.8, 4) is 0 Å². The van der Waals surface area contributed by atoms with Crippen LogP contribution in [0.15, 0.2) is 0 Å². The molecular weight excluding hydrogens is 182 g/mol. The molecule has 0 N–H and O–H groups in total. The van der Waals surface area contributed by atoms with Gasteiger partial charge in [-0.1, -0.05) is 34.1 Å². The van der Waals surface area contributed by atoms with Gasteiger partial charge in [-0.3, -0.25) is 0 Å². The summed E-state index contributed by atoms with van der Waals surface area (Å²) in [6, 6.07) is 0. The quantitative estimate of drug-likeness (QED) is 0.616. The molecule has 1 fully saturated rings. The highest BCUT2D eigenvalue weighted by Crippen LogP contribution is 2.30. The van der Waals surface area contributed by atoms with Gasteiger partial charge < -0.3 is 4.90 Å². The summed E-state index contributed by atoms with van der Waals surface area (Å²) >= 11 is 0. The first-order chi connectivity index (χ1) is 7.13. The Morgan fingerprint density at radius 3 is 2.07 bits per heavy atom. The highest BCUT2D eigenvalue weighted by atomic mass is 15.1. The van der Waals surface area contributed by atoms with E-state index in [1.807, 2.05) is 0 Å². The number of rotatable bonds is 7. The molecule has 0 heterocycles. The van der Waals surface area contributed by atoms with Crippen molar-refractivity contribution in [2.75, 3.05) is 19.6 Å². The molecule has 0 aliphatic heterocycles. The Hall–Kier alpha value is -0.0400. The number of hydrogen-bond donors (Lipinski definition) is 0. The molecule has 0 aromatic heterocycles. The first-order valence-electron chi connectivity index (χ1n) is 6.86. The van der Waals surface area contributed by atoms with Gasteiger partial charge in [0, 0.05) is 13.1 Å². The number of nitrogens with zero attached hydrogens (tertiary/aromatic N) is 1. The molecule has 0 aromatic rings. The third kappa shape index (κ3) is 3.79. The second-order valence-electron chi connectivity index (χ2n) is 5.64. The van der Waals surface area contributed by atoms with Crippen molar-refractivity contribution in [3.05, 3.63) is 0 Å². The van der Waals surface area contributed by atoms with Crippen LogP contribution in [0.2, 0.25) is 0 Å². The van der Waals surface area contributed by atoms with Crippen LogP contribution in [0.1, 0.15) is 59.8 Å². The number of hydrogen-bond acceptors (Lipinski definition) is 1. The molecule has 0 bridgehead atoms. The highest BCUT2D eigenvalue weighted by Gasteiger charge is 2.26. The van der Waals surface area contributed by atoms with E-state index < -0.39 is 0 Å². The molecule has 0 atom stereocenters. The van der Waals surface area contributed by atoms with E-state index in [1.165, 1.54) is 51.7 Å². The molecule has 1 rings (SSSR count). The maximum atomic E-state index is 2.68. The van der Waals surface area contributed by atoms with Crippen molar-refractivity contribution >= 4 is 0 Å². The van der Waals surface area contributed by atoms with Crippen molar-refractivity contribution in [1.82, 2.24) is 4.90 Å². The largest absolute Gasteiger partial charge is 0.303 e. The summed E-state index contributed by atoms with van der Waals surface area (Å²) in [7, 11) is 0. The van der Waals surface area contributed by atoms with E-state index >= 15 is 0 Å². The third-order valence-corrected chi connectivity index (χ3v) is 4.50. The van der Waals surface area contributed by atoms with Gasteiger partial charge in [0.15, 0.2) is 0 Å². The first kappa shape index (κ1) is 13.0. The van der Waals surface area contributed by atoms with Crippen LogP contribution in [0.25, 0.3) is 0 Å². The Labute approximate surface area is 96.2 Å². The predicted octanol–water partition coefficient (Wildman–Crippen LogP) is 3.93. The third-order valence-electron chi connectivity index (χ3n) is 4.50. The van der Waals surface area contributed by atoms with Crippen LogP contribution in [0.5, 0.6) is 0 Å². The van der Waals surface area contributed by atoms with Gasteiger partial charge in [-0.05, 0) is 43.6 Å². The Balaban J connectivity index is 2.36. The van der Waals surface area contributed by atoms with E-state index in [9.17, 15) is 0 Å². The van der Waals surface area contributed by atoms with E-state index in [-0.39, 0.29) is 0 Å². The van der Waals surface area contributed by atoms with E-state index in [0.29, 0.717) is 5.41 Å². The van der Waals surface area contributed by atoms with Crippen LogP contribution in [-0.4, -0.2) is 24.5 Å². The van der Waals surface area contributed by atoms with E-state index in [4.69, 9.17) is 0 Å². The molecule has 1 aliphatic rings. The molecule has 0 amide bonds. The van der Waals surface area contributed by atoms with Crippen molar-refractivity contribution in [2.24, 2.45) is 11.3 Å². The Morgan fingerprint density at radius 2 is 1.73 bits per heavy atom. The molecule has 1 aliphatic carbocycles. The summed E-state index contributed by atoms with van der Waals surface area (Å²) in [5, 5.41) is 0. The molecule has 0 aromatic carbocycles. The van der Waals surface area contributed by atoms with E-state index in [0.717, 1.165) is 5.92 Å². The average molecular weight is 211 g/mol. The molecule has 0 spiro atoms. The Morgan fingerprint density at radius 1 is 1.13 bits per heavy atom. The summed E-state index contributed by atoms with van der Waals surface area (Å²) in [5.41, 5.74) is 0.541. The lowest BCUT2D eigenvalue weighted by atomic mass is 9.82. The smallest absolute Gasteiger partial charge is 0.00351 e. The molecular formula is C14H29N. The standard InChI is InChI=1S/C14H29N/c1-5-14(4,6-2)12-15(7-3)11-13-9-8-10-13/h13H,5-12H2,1-4H3. The van der Waals surface area contributed by atoms with Crippen LogP contribution in [0.3, 0.4) is 0 Å². The zero-order valence-corrected chi connectivity index (χ0v) is 11.2. The van der Waals surface area contributed by atoms with Gasteiger partial charge in [0.05, 0.1) is 0 Å². The lowest BCUT2D eigenvalue weighted by Crippen LogP contribution is -2.39. The van der Waals surface area contributed by atoms with Gasteiger partial charge in [-0.25, -0.2) is 0 Å². The maximum absolute atomic E-state index is 2.68. The molecule has 90 valence electrons. The van der Waals surface area contributed by atoms with Crippen LogP contribution in [0, 0.1) is 11.3 Å². The second-order valence-corrected chi connectivity index (χ2v) is 5.64. The maximum Gasteiger partial charge on any atom is 0.00351 e. The minimum absolute atomic E-state index is 0.541. The minimum atomic E-state index is 0.541. The van der Waals surface area contributed by atoms with Crippen LogP contribution < -0.4 is 0 Å². The molecule has 0 radical (unpaired) electrons. The normalized spacial score (nSPS) is 18.2. The zero-order valence-electron chi connectivity index (χ0n) is 11.2. The van der Waals surface area contributed by atoms with Gasteiger partial charge >= 0.3 is 0 Å². The SMILES string of the molecule is CCN(CC1CCC1)CC(C)(CC)CC. The molecule has 0 unspecified atom stereocenters. The van der Waals surface area contributed by atoms with Crippen molar-refractivity contribution in [1.29, 1.82) is 0 Å². The van der Waals surface area contributed by atoms with Crippen LogP contribution in [0.4, 0.5) is 0 Å². The van der Waals surface area contributed by atoms with Crippen LogP contribution in [-0.2, 0) is 0 Å². The van der Waals surface area contributed by atoms with Crippen molar-refractivity contribution in [3.63, 3.8) is 0 Å². The summed E-state index contributed by atoms with van der Waals surface area (Å²) in [4.78, 5) is 2.68. The molecule has 1 heteroatoms. The summed E-state index contributed by atoms with van der Waals surface area (Å²) in [6.45, 7) is 13.3. The van der Waals surface area contributed by atoms with E-state index in [1.54, 1.807) is 0 Å². The molecule has 15 heavy (non-hydrogen) atoms. The fourth-order valence-corrected chi connectivity index (χ4v) is 2.36. The zero-order chi connectivity index (χ0) is 11.3. The fourth-order valence-electron chi connectivity index (χ4n) is 2.36. The minimum Gasteiger partial charge on any atom is -0.303 e. The summed E-state index contributed by atoms with van der Waals surface area (Å²) in [5.74, 6) is 1.02. The van der Waals surface area contributed by atoms with Gasteiger partial charge in [0.2, 0.25) is 0 Å². The Bertz CT molecular complexity index is 168. The topological polar surface area (TPSA) is 3.24 Å².